The fourth-order valence-electron chi connectivity index (χ4n) is 4.00. The van der Waals surface area contributed by atoms with Gasteiger partial charge in [0.05, 0.1) is 5.56 Å². The van der Waals surface area contributed by atoms with Crippen LogP contribution in [0.5, 0.6) is 0 Å². The Labute approximate surface area is 242 Å². The zero-order valence-electron chi connectivity index (χ0n) is 24.2. The van der Waals surface area contributed by atoms with Crippen LogP contribution >= 0.6 is 0 Å². The summed E-state index contributed by atoms with van der Waals surface area (Å²) in [5, 5.41) is 12.6. The van der Waals surface area contributed by atoms with Gasteiger partial charge in [0, 0.05) is 30.5 Å². The molecule has 1 atom stereocenters. The predicted molar refractivity (Wildman–Crippen MR) is 152 cm³/mol. The molecule has 3 aromatic rings. The topological polar surface area (TPSA) is 173 Å². The Bertz CT molecular complexity index is 1470. The second-order valence-corrected chi connectivity index (χ2v) is 9.43. The number of nitrogens with zero attached hydrogens (tertiary/aromatic N) is 4. The molecule has 0 aliphatic heterocycles. The minimum Gasteiger partial charge on any atom is -0.426 e. The first-order valence-corrected chi connectivity index (χ1v) is 13.5. The van der Waals surface area contributed by atoms with Gasteiger partial charge in [-0.05, 0) is 56.9 Å². The molecule has 0 fully saturated rings. The summed E-state index contributed by atoms with van der Waals surface area (Å²) in [6.45, 7) is 8.70. The van der Waals surface area contributed by atoms with Crippen LogP contribution in [0.1, 0.15) is 65.5 Å². The van der Waals surface area contributed by atoms with Gasteiger partial charge in [0.25, 0.3) is 11.8 Å². The quantitative estimate of drug-likeness (QED) is 0.155. The minimum atomic E-state index is -0.990. The monoisotopic (exact) mass is 581 g/mol. The van der Waals surface area contributed by atoms with E-state index in [4.69, 9.17) is 9.47 Å². The molecular weight excluding hydrogens is 546 g/mol. The number of fused-ring (bicyclic) bond motifs is 1. The van der Waals surface area contributed by atoms with Crippen molar-refractivity contribution < 1.29 is 33.4 Å². The number of imide groups is 1. The Balaban J connectivity index is 1.82. The van der Waals surface area contributed by atoms with E-state index in [0.717, 1.165) is 16.9 Å². The van der Waals surface area contributed by atoms with E-state index in [9.17, 15) is 24.0 Å². The van der Waals surface area contributed by atoms with Crippen molar-refractivity contribution in [2.24, 2.45) is 0 Å². The normalized spacial score (nSPS) is 11.4. The number of ether oxygens (including phenoxy) is 2. The Morgan fingerprint density at radius 1 is 1.12 bits per heavy atom. The first kappa shape index (κ1) is 31.5. The number of nitrogens with one attached hydrogen (secondary N) is 3. The number of aromatic nitrogens is 3. The van der Waals surface area contributed by atoms with Crippen molar-refractivity contribution in [3.63, 3.8) is 0 Å². The van der Waals surface area contributed by atoms with Crippen LogP contribution in [0.2, 0.25) is 0 Å². The van der Waals surface area contributed by atoms with Gasteiger partial charge in [0.2, 0.25) is 13.2 Å². The highest BCUT2D eigenvalue weighted by Crippen LogP contribution is 2.28. The number of carbonyl (C=O) groups is 5. The summed E-state index contributed by atoms with van der Waals surface area (Å²) in [5.41, 5.74) is 3.30. The third kappa shape index (κ3) is 7.38. The van der Waals surface area contributed by atoms with E-state index < -0.39 is 30.8 Å². The number of esters is 1. The van der Waals surface area contributed by atoms with Gasteiger partial charge in [-0.25, -0.2) is 24.0 Å². The summed E-state index contributed by atoms with van der Waals surface area (Å²) in [6.07, 6.45) is 3.62. The van der Waals surface area contributed by atoms with E-state index in [-0.39, 0.29) is 18.0 Å². The number of hydrogen-bond acceptors (Lipinski definition) is 10. The first-order valence-electron chi connectivity index (χ1n) is 13.5. The zero-order valence-corrected chi connectivity index (χ0v) is 24.2. The highest BCUT2D eigenvalue weighted by Gasteiger charge is 2.25. The summed E-state index contributed by atoms with van der Waals surface area (Å²) in [4.78, 5) is 66.3. The second-order valence-electron chi connectivity index (χ2n) is 9.43. The van der Waals surface area contributed by atoms with Crippen LogP contribution in [0.3, 0.4) is 0 Å². The van der Waals surface area contributed by atoms with Gasteiger partial charge in [-0.2, -0.15) is 5.10 Å². The molecule has 3 rings (SSSR count). The van der Waals surface area contributed by atoms with Crippen LogP contribution in [0, 0.1) is 13.8 Å². The third-order valence-electron chi connectivity index (χ3n) is 6.31. The maximum absolute atomic E-state index is 13.4. The van der Waals surface area contributed by atoms with Crippen molar-refractivity contribution in [2.75, 3.05) is 25.2 Å². The molecule has 2 aromatic heterocycles. The van der Waals surface area contributed by atoms with E-state index in [1.165, 1.54) is 13.3 Å². The molecule has 224 valence electrons. The fraction of sp³-hybridized carbons (Fsp3) is 0.393. The maximum atomic E-state index is 13.4. The standard InChI is InChI=1S/C28H35N7O7/c1-6-10-29-25(37)21-13-35-23(18(21)4)24(30-14-32-35)33-22-12-20(9-8-17(22)3)26(38)34(11-7-2)28(40)42-16-41-27(39)19(5)31-15-36/h8-9,12-15,19H,6-7,10-11,16H2,1-5H3,(H,29,37)(H,31,36)(H,30,32,33). The van der Waals surface area contributed by atoms with Crippen LogP contribution < -0.4 is 16.0 Å². The molecule has 1 unspecified atom stereocenters. The van der Waals surface area contributed by atoms with Crippen molar-refractivity contribution in [1.82, 2.24) is 30.1 Å². The van der Waals surface area contributed by atoms with Crippen LogP contribution in [-0.4, -0.2) is 75.7 Å². The maximum Gasteiger partial charge on any atom is 0.419 e. The number of benzene rings is 1. The minimum absolute atomic E-state index is 0.0596. The number of rotatable bonds is 13. The number of carbonyl (C=O) groups excluding carboxylic acids is 5. The van der Waals surface area contributed by atoms with Crippen molar-refractivity contribution in [1.29, 1.82) is 0 Å². The van der Waals surface area contributed by atoms with Crippen molar-refractivity contribution in [3.8, 4) is 0 Å². The van der Waals surface area contributed by atoms with E-state index in [1.54, 1.807) is 35.8 Å². The molecule has 0 saturated heterocycles. The SMILES string of the molecule is CCCNC(=O)c1cn2ncnc(Nc3cc(C(=O)N(CCC)C(=O)OCOC(=O)C(C)NC=O)ccc3C)c2c1C. The van der Waals surface area contributed by atoms with Gasteiger partial charge in [0.15, 0.2) is 5.82 Å². The van der Waals surface area contributed by atoms with E-state index >= 15 is 0 Å². The zero-order chi connectivity index (χ0) is 30.8. The van der Waals surface area contributed by atoms with Gasteiger partial charge in [-0.1, -0.05) is 19.9 Å². The summed E-state index contributed by atoms with van der Waals surface area (Å²) >= 11 is 0. The molecule has 1 aromatic carbocycles. The van der Waals surface area contributed by atoms with Crippen molar-refractivity contribution in [2.45, 2.75) is 53.5 Å². The van der Waals surface area contributed by atoms with Crippen LogP contribution in [0.4, 0.5) is 16.3 Å². The van der Waals surface area contributed by atoms with E-state index in [1.807, 2.05) is 20.8 Å². The van der Waals surface area contributed by atoms with Crippen molar-refractivity contribution in [3.05, 3.63) is 53.0 Å². The Morgan fingerprint density at radius 3 is 2.57 bits per heavy atom. The number of anilines is 2. The number of hydrogen-bond donors (Lipinski definition) is 3. The Morgan fingerprint density at radius 2 is 1.88 bits per heavy atom. The Hall–Kier alpha value is -5.01. The smallest absolute Gasteiger partial charge is 0.419 e. The van der Waals surface area contributed by atoms with Crippen LogP contribution in [0.15, 0.2) is 30.7 Å². The molecule has 3 N–H and O–H groups in total. The average Bonchev–Trinajstić information content (AvgIpc) is 3.32. The summed E-state index contributed by atoms with van der Waals surface area (Å²) in [6, 6.07) is 3.97. The molecule has 4 amide bonds. The lowest BCUT2D eigenvalue weighted by Gasteiger charge is -2.21. The molecule has 0 bridgehead atoms. The molecular formula is C28H35N7O7. The highest BCUT2D eigenvalue weighted by molar-refractivity contribution is 6.04. The molecule has 2 heterocycles. The Kier molecular flexibility index (Phi) is 10.9. The molecule has 0 aliphatic carbocycles. The van der Waals surface area contributed by atoms with E-state index in [2.05, 4.69) is 26.0 Å². The lowest BCUT2D eigenvalue weighted by molar-refractivity contribution is -0.154. The molecule has 14 nitrogen and oxygen atoms in total. The number of aryl methyl sites for hydroxylation is 2. The largest absolute Gasteiger partial charge is 0.426 e. The molecule has 0 saturated carbocycles. The van der Waals surface area contributed by atoms with Gasteiger partial charge >= 0.3 is 12.1 Å². The summed E-state index contributed by atoms with van der Waals surface area (Å²) < 4.78 is 11.4. The molecule has 0 radical (unpaired) electrons. The number of amides is 4. The molecule has 14 heteroatoms. The van der Waals surface area contributed by atoms with Gasteiger partial charge in [0.1, 0.15) is 17.9 Å². The van der Waals surface area contributed by atoms with Crippen LogP contribution in [0.25, 0.3) is 5.52 Å². The van der Waals surface area contributed by atoms with Gasteiger partial charge < -0.3 is 25.4 Å². The molecule has 0 aliphatic rings. The highest BCUT2D eigenvalue weighted by atomic mass is 16.7. The molecule has 42 heavy (non-hydrogen) atoms. The summed E-state index contributed by atoms with van der Waals surface area (Å²) in [7, 11) is 0. The fourth-order valence-corrected chi connectivity index (χ4v) is 4.00. The lowest BCUT2D eigenvalue weighted by atomic mass is 10.1. The third-order valence-corrected chi connectivity index (χ3v) is 6.31. The van der Waals surface area contributed by atoms with E-state index in [0.29, 0.717) is 47.5 Å². The second kappa shape index (κ2) is 14.6. The average molecular weight is 582 g/mol. The summed E-state index contributed by atoms with van der Waals surface area (Å²) in [5.74, 6) is -1.20. The predicted octanol–water partition coefficient (Wildman–Crippen LogP) is 2.85. The van der Waals surface area contributed by atoms with Gasteiger partial charge in [-0.3, -0.25) is 14.4 Å². The first-order chi connectivity index (χ1) is 20.1. The van der Waals surface area contributed by atoms with Crippen LogP contribution in [-0.2, 0) is 19.1 Å². The van der Waals surface area contributed by atoms with Gasteiger partial charge in [-0.15, -0.1) is 0 Å². The van der Waals surface area contributed by atoms with Crippen molar-refractivity contribution >= 4 is 47.3 Å². The lowest BCUT2D eigenvalue weighted by Crippen LogP contribution is -2.39. The molecule has 0 spiro atoms.